The normalized spacial score (nSPS) is 27.6. The quantitative estimate of drug-likeness (QED) is 0.787. The monoisotopic (exact) mass is 310 g/mol. The molecule has 2 atom stereocenters. The predicted molar refractivity (Wildman–Crippen MR) is 86.2 cm³/mol. The summed E-state index contributed by atoms with van der Waals surface area (Å²) in [5.41, 5.74) is 6.22. The Hall–Kier alpha value is -1.14. The summed E-state index contributed by atoms with van der Waals surface area (Å²) in [7, 11) is 0. The van der Waals surface area contributed by atoms with E-state index >= 15 is 0 Å². The molecular weight excluding hydrogens is 280 g/mol. The first-order chi connectivity index (χ1) is 10.2. The average molecular weight is 310 g/mol. The van der Waals surface area contributed by atoms with E-state index in [4.69, 9.17) is 5.73 Å². The van der Waals surface area contributed by atoms with Gasteiger partial charge in [-0.05, 0) is 18.8 Å². The maximum atomic E-state index is 12.7. The molecule has 22 heavy (non-hydrogen) atoms. The third kappa shape index (κ3) is 3.60. The van der Waals surface area contributed by atoms with Crippen LogP contribution in [0.5, 0.6) is 0 Å². The molecule has 2 aliphatic rings. The van der Waals surface area contributed by atoms with Crippen LogP contribution in [0.3, 0.4) is 0 Å². The molecule has 126 valence electrons. The average Bonchev–Trinajstić information content (AvgIpc) is 2.48. The highest BCUT2D eigenvalue weighted by atomic mass is 16.2. The highest BCUT2D eigenvalue weighted by Crippen LogP contribution is 2.29. The van der Waals surface area contributed by atoms with Crippen molar-refractivity contribution in [1.82, 2.24) is 14.7 Å². The zero-order valence-corrected chi connectivity index (χ0v) is 14.3. The number of nitrogens with zero attached hydrogens (tertiary/aromatic N) is 3. The van der Waals surface area contributed by atoms with Crippen molar-refractivity contribution in [1.29, 1.82) is 0 Å². The van der Waals surface area contributed by atoms with Gasteiger partial charge in [-0.25, -0.2) is 0 Å². The zero-order valence-electron chi connectivity index (χ0n) is 14.3. The number of likely N-dealkylation sites (tertiary alicyclic amines) is 1. The van der Waals surface area contributed by atoms with Crippen LogP contribution in [0.4, 0.5) is 0 Å². The molecule has 6 heteroatoms. The molecule has 0 aliphatic carbocycles. The number of rotatable bonds is 2. The molecule has 0 aromatic heterocycles. The van der Waals surface area contributed by atoms with Crippen molar-refractivity contribution in [2.24, 2.45) is 11.1 Å². The van der Waals surface area contributed by atoms with Crippen LogP contribution in [0.25, 0.3) is 0 Å². The number of hydrogen-bond acceptors (Lipinski definition) is 4. The van der Waals surface area contributed by atoms with E-state index in [-0.39, 0.29) is 29.3 Å². The van der Waals surface area contributed by atoms with Crippen LogP contribution < -0.4 is 5.73 Å². The number of carbonyl (C=O) groups is 2. The number of hydrogen-bond donors (Lipinski definition) is 1. The fraction of sp³-hybridized carbons (Fsp3) is 0.875. The Morgan fingerprint density at radius 1 is 1.09 bits per heavy atom. The molecule has 2 fully saturated rings. The molecule has 2 amide bonds. The van der Waals surface area contributed by atoms with Crippen LogP contribution in [0.1, 0.15) is 34.1 Å². The molecule has 0 bridgehead atoms. The van der Waals surface area contributed by atoms with Gasteiger partial charge in [0.25, 0.3) is 0 Å². The summed E-state index contributed by atoms with van der Waals surface area (Å²) in [6, 6.07) is 0.0841. The van der Waals surface area contributed by atoms with Gasteiger partial charge in [-0.15, -0.1) is 0 Å². The maximum absolute atomic E-state index is 12.7. The standard InChI is InChI=1S/C16H30N4O2/c1-12(20-6-5-14(17)16(3,4)11-20)15(22)19-9-7-18(8-10-19)13(2)21/h12,14H,5-11,17H2,1-4H3. The van der Waals surface area contributed by atoms with Gasteiger partial charge in [0, 0.05) is 52.2 Å². The fourth-order valence-corrected chi connectivity index (χ4v) is 3.41. The van der Waals surface area contributed by atoms with Gasteiger partial charge < -0.3 is 15.5 Å². The molecule has 2 N–H and O–H groups in total. The first-order valence-corrected chi connectivity index (χ1v) is 8.26. The molecule has 0 aromatic carbocycles. The van der Waals surface area contributed by atoms with Crippen LogP contribution >= 0.6 is 0 Å². The Balaban J connectivity index is 1.91. The molecule has 2 aliphatic heterocycles. The van der Waals surface area contributed by atoms with Crippen molar-refractivity contribution < 1.29 is 9.59 Å². The van der Waals surface area contributed by atoms with E-state index in [0.29, 0.717) is 26.2 Å². The Morgan fingerprint density at radius 3 is 2.14 bits per heavy atom. The summed E-state index contributed by atoms with van der Waals surface area (Å²) in [4.78, 5) is 30.0. The topological polar surface area (TPSA) is 69.9 Å². The zero-order chi connectivity index (χ0) is 16.5. The van der Waals surface area contributed by atoms with Gasteiger partial charge >= 0.3 is 0 Å². The van der Waals surface area contributed by atoms with E-state index in [1.807, 2.05) is 11.8 Å². The second-order valence-electron chi connectivity index (χ2n) is 7.36. The van der Waals surface area contributed by atoms with Gasteiger partial charge in [0.2, 0.25) is 11.8 Å². The third-order valence-electron chi connectivity index (χ3n) is 5.28. The second kappa shape index (κ2) is 6.54. The summed E-state index contributed by atoms with van der Waals surface area (Å²) in [5.74, 6) is 0.265. The minimum absolute atomic E-state index is 0.0418. The van der Waals surface area contributed by atoms with Crippen molar-refractivity contribution in [3.05, 3.63) is 0 Å². The summed E-state index contributed by atoms with van der Waals surface area (Å²) in [6.07, 6.45) is 0.933. The molecule has 2 saturated heterocycles. The molecule has 0 saturated carbocycles. The first kappa shape index (κ1) is 17.2. The van der Waals surface area contributed by atoms with E-state index in [1.54, 1.807) is 11.8 Å². The smallest absolute Gasteiger partial charge is 0.239 e. The Kier molecular flexibility index (Phi) is 5.12. The molecule has 2 rings (SSSR count). The van der Waals surface area contributed by atoms with Crippen molar-refractivity contribution in [3.63, 3.8) is 0 Å². The van der Waals surface area contributed by atoms with Crippen molar-refractivity contribution in [3.8, 4) is 0 Å². The van der Waals surface area contributed by atoms with Crippen molar-refractivity contribution >= 4 is 11.8 Å². The number of amides is 2. The highest BCUT2D eigenvalue weighted by molar-refractivity contribution is 5.82. The molecular formula is C16H30N4O2. The molecule has 0 aromatic rings. The van der Waals surface area contributed by atoms with Gasteiger partial charge in [0.15, 0.2) is 0 Å². The fourth-order valence-electron chi connectivity index (χ4n) is 3.41. The summed E-state index contributed by atoms with van der Waals surface area (Å²) in [6.45, 7) is 12.2. The van der Waals surface area contributed by atoms with E-state index in [9.17, 15) is 9.59 Å². The Bertz CT molecular complexity index is 430. The lowest BCUT2D eigenvalue weighted by atomic mass is 9.79. The summed E-state index contributed by atoms with van der Waals surface area (Å²) >= 11 is 0. The lowest BCUT2D eigenvalue weighted by Crippen LogP contribution is -2.59. The van der Waals surface area contributed by atoms with E-state index in [0.717, 1.165) is 19.5 Å². The van der Waals surface area contributed by atoms with Gasteiger partial charge in [0.1, 0.15) is 0 Å². The largest absolute Gasteiger partial charge is 0.339 e. The summed E-state index contributed by atoms with van der Waals surface area (Å²) < 4.78 is 0. The van der Waals surface area contributed by atoms with Crippen LogP contribution in [0.2, 0.25) is 0 Å². The van der Waals surface area contributed by atoms with Crippen LogP contribution in [0, 0.1) is 5.41 Å². The van der Waals surface area contributed by atoms with E-state index < -0.39 is 0 Å². The maximum Gasteiger partial charge on any atom is 0.239 e. The van der Waals surface area contributed by atoms with Crippen molar-refractivity contribution in [2.45, 2.75) is 46.2 Å². The number of piperazine rings is 1. The van der Waals surface area contributed by atoms with Crippen LogP contribution in [-0.4, -0.2) is 77.9 Å². The van der Waals surface area contributed by atoms with E-state index in [1.165, 1.54) is 0 Å². The summed E-state index contributed by atoms with van der Waals surface area (Å²) in [5, 5.41) is 0. The number of nitrogens with two attached hydrogens (primary N) is 1. The van der Waals surface area contributed by atoms with Gasteiger partial charge in [0.05, 0.1) is 6.04 Å². The van der Waals surface area contributed by atoms with Gasteiger partial charge in [-0.2, -0.15) is 0 Å². The van der Waals surface area contributed by atoms with Gasteiger partial charge in [-0.3, -0.25) is 14.5 Å². The number of piperidine rings is 1. The molecule has 6 nitrogen and oxygen atoms in total. The van der Waals surface area contributed by atoms with Crippen LogP contribution in [-0.2, 0) is 9.59 Å². The number of carbonyl (C=O) groups excluding carboxylic acids is 2. The second-order valence-corrected chi connectivity index (χ2v) is 7.36. The molecule has 0 radical (unpaired) electrons. The van der Waals surface area contributed by atoms with Gasteiger partial charge in [-0.1, -0.05) is 13.8 Å². The third-order valence-corrected chi connectivity index (χ3v) is 5.28. The predicted octanol–water partition coefficient (Wildman–Crippen LogP) is 0.125. The lowest BCUT2D eigenvalue weighted by Gasteiger charge is -2.45. The first-order valence-electron chi connectivity index (χ1n) is 8.26. The molecule has 2 unspecified atom stereocenters. The molecule has 2 heterocycles. The minimum atomic E-state index is -0.115. The Labute approximate surface area is 133 Å². The minimum Gasteiger partial charge on any atom is -0.339 e. The van der Waals surface area contributed by atoms with Crippen molar-refractivity contribution in [2.75, 3.05) is 39.3 Å². The van der Waals surface area contributed by atoms with Crippen LogP contribution in [0.15, 0.2) is 0 Å². The highest BCUT2D eigenvalue weighted by Gasteiger charge is 2.38. The Morgan fingerprint density at radius 2 is 1.64 bits per heavy atom. The SMILES string of the molecule is CC(=O)N1CCN(C(=O)C(C)N2CCC(N)C(C)(C)C2)CC1. The molecule has 0 spiro atoms. The van der Waals surface area contributed by atoms with E-state index in [2.05, 4.69) is 18.7 Å². The lowest BCUT2D eigenvalue weighted by molar-refractivity contribution is -0.143.